The molecule has 0 saturated carbocycles. The number of nitrogens with one attached hydrogen (secondary N) is 2. The summed E-state index contributed by atoms with van der Waals surface area (Å²) in [5.74, 6) is 0.603. The number of rotatable bonds is 6. The van der Waals surface area contributed by atoms with E-state index in [0.29, 0.717) is 10.0 Å². The van der Waals surface area contributed by atoms with E-state index in [-0.39, 0.29) is 24.8 Å². The van der Waals surface area contributed by atoms with E-state index in [2.05, 4.69) is 21.7 Å². The lowest BCUT2D eigenvalue weighted by atomic mass is 10.1. The summed E-state index contributed by atoms with van der Waals surface area (Å²) in [5.41, 5.74) is 3.03. The number of hydrogen-bond acceptors (Lipinski definition) is 6. The van der Waals surface area contributed by atoms with Crippen molar-refractivity contribution >= 4 is 39.6 Å². The molecule has 2 aromatic heterocycles. The summed E-state index contributed by atoms with van der Waals surface area (Å²) in [7, 11) is 0. The van der Waals surface area contributed by atoms with Gasteiger partial charge in [0.2, 0.25) is 5.91 Å². The van der Waals surface area contributed by atoms with Gasteiger partial charge in [0.25, 0.3) is 5.91 Å². The highest BCUT2D eigenvalue weighted by Gasteiger charge is 2.14. The number of amides is 2. The molecule has 0 unspecified atom stereocenters. The molecule has 138 valence electrons. The number of thiophene rings is 1. The predicted molar refractivity (Wildman–Crippen MR) is 107 cm³/mol. The highest BCUT2D eigenvalue weighted by molar-refractivity contribution is 7.14. The summed E-state index contributed by atoms with van der Waals surface area (Å²) in [5, 5.41) is 9.84. The fraction of sp³-hybridized carbons (Fsp3) is 0.211. The van der Waals surface area contributed by atoms with E-state index in [0.717, 1.165) is 30.0 Å². The average Bonchev–Trinajstić information content (AvgIpc) is 3.42. The minimum Gasteiger partial charge on any atom is -0.493 e. The zero-order chi connectivity index (χ0) is 18.6. The SMILES string of the molecule is O=C(CCNC(=O)c1cccs1)Nc1nc(-c2ccc3c(c2)CCO3)cs1. The van der Waals surface area contributed by atoms with E-state index >= 15 is 0 Å². The number of nitrogens with zero attached hydrogens (tertiary/aromatic N) is 1. The summed E-state index contributed by atoms with van der Waals surface area (Å²) < 4.78 is 5.52. The van der Waals surface area contributed by atoms with Crippen LogP contribution in [0.15, 0.2) is 41.1 Å². The second-order valence-electron chi connectivity index (χ2n) is 5.99. The van der Waals surface area contributed by atoms with Gasteiger partial charge in [-0.05, 0) is 35.2 Å². The molecule has 8 heteroatoms. The average molecular weight is 399 g/mol. The molecular weight excluding hydrogens is 382 g/mol. The number of hydrogen-bond donors (Lipinski definition) is 2. The molecule has 1 aliphatic heterocycles. The largest absolute Gasteiger partial charge is 0.493 e. The first-order chi connectivity index (χ1) is 13.2. The maximum absolute atomic E-state index is 12.1. The zero-order valence-corrected chi connectivity index (χ0v) is 16.0. The number of fused-ring (bicyclic) bond motifs is 1. The Morgan fingerprint density at radius 2 is 2.15 bits per heavy atom. The van der Waals surface area contributed by atoms with Gasteiger partial charge < -0.3 is 15.4 Å². The Kier molecular flexibility index (Phi) is 5.17. The number of aromatic nitrogens is 1. The van der Waals surface area contributed by atoms with Gasteiger partial charge in [0, 0.05) is 30.3 Å². The van der Waals surface area contributed by atoms with Crippen LogP contribution >= 0.6 is 22.7 Å². The second-order valence-corrected chi connectivity index (χ2v) is 7.80. The van der Waals surface area contributed by atoms with Crippen molar-refractivity contribution in [2.45, 2.75) is 12.8 Å². The normalized spacial score (nSPS) is 12.3. The minimum atomic E-state index is -0.176. The zero-order valence-electron chi connectivity index (χ0n) is 14.4. The van der Waals surface area contributed by atoms with Crippen LogP contribution in [0.25, 0.3) is 11.3 Å². The molecule has 3 heterocycles. The third kappa shape index (κ3) is 4.17. The molecule has 0 bridgehead atoms. The summed E-state index contributed by atoms with van der Waals surface area (Å²) in [6.45, 7) is 1.01. The Balaban J connectivity index is 1.30. The molecule has 6 nitrogen and oxygen atoms in total. The van der Waals surface area contributed by atoms with Gasteiger partial charge >= 0.3 is 0 Å². The van der Waals surface area contributed by atoms with Crippen LogP contribution in [0, 0.1) is 0 Å². The van der Waals surface area contributed by atoms with Crippen LogP contribution in [-0.4, -0.2) is 29.9 Å². The van der Waals surface area contributed by atoms with E-state index in [1.54, 1.807) is 6.07 Å². The fourth-order valence-electron chi connectivity index (χ4n) is 2.78. The Hall–Kier alpha value is -2.71. The van der Waals surface area contributed by atoms with E-state index < -0.39 is 0 Å². The van der Waals surface area contributed by atoms with E-state index in [1.165, 1.54) is 28.2 Å². The molecule has 1 aromatic carbocycles. The first-order valence-corrected chi connectivity index (χ1v) is 10.3. The molecule has 0 atom stereocenters. The van der Waals surface area contributed by atoms with Gasteiger partial charge in [-0.3, -0.25) is 9.59 Å². The molecule has 1 aliphatic rings. The second kappa shape index (κ2) is 7.89. The van der Waals surface area contributed by atoms with Crippen molar-refractivity contribution in [2.75, 3.05) is 18.5 Å². The molecule has 3 aromatic rings. The molecule has 0 radical (unpaired) electrons. The van der Waals surface area contributed by atoms with Gasteiger partial charge in [0.05, 0.1) is 17.2 Å². The highest BCUT2D eigenvalue weighted by Crippen LogP contribution is 2.31. The summed E-state index contributed by atoms with van der Waals surface area (Å²) in [6.07, 6.45) is 1.11. The third-order valence-electron chi connectivity index (χ3n) is 4.12. The van der Waals surface area contributed by atoms with Crippen LogP contribution in [0.5, 0.6) is 5.75 Å². The first-order valence-electron chi connectivity index (χ1n) is 8.52. The van der Waals surface area contributed by atoms with Crippen LogP contribution in [0.1, 0.15) is 21.7 Å². The van der Waals surface area contributed by atoms with Gasteiger partial charge in [-0.2, -0.15) is 0 Å². The fourth-order valence-corrected chi connectivity index (χ4v) is 4.15. The lowest BCUT2D eigenvalue weighted by Crippen LogP contribution is -2.27. The Morgan fingerprint density at radius 1 is 1.22 bits per heavy atom. The van der Waals surface area contributed by atoms with Gasteiger partial charge in [-0.15, -0.1) is 22.7 Å². The monoisotopic (exact) mass is 399 g/mol. The standard InChI is InChI=1S/C19H17N3O3S2/c23-17(5-7-20-18(24)16-2-1-9-26-16)22-19-21-14(11-27-19)12-3-4-15-13(10-12)6-8-25-15/h1-4,9-11H,5-8H2,(H,20,24)(H,21,22,23). The predicted octanol–water partition coefficient (Wildman–Crippen LogP) is 3.57. The number of carbonyl (C=O) groups excluding carboxylic acids is 2. The molecule has 27 heavy (non-hydrogen) atoms. The van der Waals surface area contributed by atoms with Gasteiger partial charge in [0.15, 0.2) is 5.13 Å². The molecule has 2 amide bonds. The third-order valence-corrected chi connectivity index (χ3v) is 5.74. The van der Waals surface area contributed by atoms with Crippen molar-refractivity contribution in [1.29, 1.82) is 0 Å². The molecule has 2 N–H and O–H groups in total. The smallest absolute Gasteiger partial charge is 0.261 e. The van der Waals surface area contributed by atoms with Crippen molar-refractivity contribution in [3.63, 3.8) is 0 Å². The molecule has 0 saturated heterocycles. The summed E-state index contributed by atoms with van der Waals surface area (Å²) in [6, 6.07) is 9.60. The summed E-state index contributed by atoms with van der Waals surface area (Å²) >= 11 is 2.76. The Labute approximate surface area is 164 Å². The summed E-state index contributed by atoms with van der Waals surface area (Å²) in [4.78, 5) is 29.0. The molecule has 0 spiro atoms. The molecule has 4 rings (SSSR count). The van der Waals surface area contributed by atoms with E-state index in [1.807, 2.05) is 29.0 Å². The van der Waals surface area contributed by atoms with Crippen molar-refractivity contribution in [3.05, 3.63) is 51.5 Å². The number of benzene rings is 1. The van der Waals surface area contributed by atoms with Crippen LogP contribution < -0.4 is 15.4 Å². The first kappa shape index (κ1) is 17.7. The Bertz CT molecular complexity index is 967. The number of anilines is 1. The van der Waals surface area contributed by atoms with Crippen LogP contribution in [0.3, 0.4) is 0 Å². The van der Waals surface area contributed by atoms with Gasteiger partial charge in [-0.25, -0.2) is 4.98 Å². The van der Waals surface area contributed by atoms with Crippen LogP contribution in [-0.2, 0) is 11.2 Å². The maximum Gasteiger partial charge on any atom is 0.261 e. The quantitative estimate of drug-likeness (QED) is 0.664. The number of carbonyl (C=O) groups is 2. The van der Waals surface area contributed by atoms with E-state index in [4.69, 9.17) is 4.74 Å². The van der Waals surface area contributed by atoms with Crippen molar-refractivity contribution in [1.82, 2.24) is 10.3 Å². The topological polar surface area (TPSA) is 80.3 Å². The minimum absolute atomic E-state index is 0.157. The van der Waals surface area contributed by atoms with Crippen LogP contribution in [0.4, 0.5) is 5.13 Å². The molecule has 0 aliphatic carbocycles. The van der Waals surface area contributed by atoms with Crippen molar-refractivity contribution in [3.8, 4) is 17.0 Å². The molecule has 0 fully saturated rings. The highest BCUT2D eigenvalue weighted by atomic mass is 32.1. The maximum atomic E-state index is 12.1. The van der Waals surface area contributed by atoms with Crippen molar-refractivity contribution in [2.24, 2.45) is 0 Å². The lowest BCUT2D eigenvalue weighted by molar-refractivity contribution is -0.116. The lowest BCUT2D eigenvalue weighted by Gasteiger charge is -2.04. The number of thiazole rings is 1. The molecular formula is C19H17N3O3S2. The van der Waals surface area contributed by atoms with Gasteiger partial charge in [0.1, 0.15) is 5.75 Å². The van der Waals surface area contributed by atoms with Crippen molar-refractivity contribution < 1.29 is 14.3 Å². The number of ether oxygens (including phenoxy) is 1. The van der Waals surface area contributed by atoms with Crippen LogP contribution in [0.2, 0.25) is 0 Å². The van der Waals surface area contributed by atoms with E-state index in [9.17, 15) is 9.59 Å². The Morgan fingerprint density at radius 3 is 3.00 bits per heavy atom. The van der Waals surface area contributed by atoms with Gasteiger partial charge in [-0.1, -0.05) is 6.07 Å².